The summed E-state index contributed by atoms with van der Waals surface area (Å²) in [5.74, 6) is 0.851. The third-order valence-electron chi connectivity index (χ3n) is 3.29. The maximum atomic E-state index is 11.9. The van der Waals surface area contributed by atoms with Crippen LogP contribution in [0.15, 0.2) is 53.2 Å². The fourth-order valence-electron chi connectivity index (χ4n) is 2.08. The fourth-order valence-corrected chi connectivity index (χ4v) is 2.21. The Balaban J connectivity index is 1.58. The van der Waals surface area contributed by atoms with E-state index in [9.17, 15) is 9.90 Å². The van der Waals surface area contributed by atoms with Gasteiger partial charge in [0.1, 0.15) is 0 Å². The third-order valence-corrected chi connectivity index (χ3v) is 3.54. The molecule has 7 heteroatoms. The molecule has 0 aliphatic carbocycles. The molecule has 0 spiro atoms. The minimum Gasteiger partial charge on any atom is -0.504 e. The number of oxazole rings is 1. The van der Waals surface area contributed by atoms with Crippen LogP contribution in [0.5, 0.6) is 5.75 Å². The highest BCUT2D eigenvalue weighted by Gasteiger charge is 2.11. The van der Waals surface area contributed by atoms with E-state index in [0.29, 0.717) is 23.1 Å². The zero-order chi connectivity index (χ0) is 16.9. The lowest BCUT2D eigenvalue weighted by atomic mass is 10.2. The average molecular weight is 344 g/mol. The van der Waals surface area contributed by atoms with Crippen molar-refractivity contribution in [3.63, 3.8) is 0 Å². The standard InChI is InChI=1S/C17H14ClN3O3/c18-12-5-3-11(4-6-12)14-10-20-16(24-14)8-7-15(23)21-17-13(22)2-1-9-19-17/h1-6,9-10,22H,7-8H2,(H,19,21,23). The zero-order valence-corrected chi connectivity index (χ0v) is 13.3. The highest BCUT2D eigenvalue weighted by Crippen LogP contribution is 2.23. The first kappa shape index (κ1) is 16.0. The molecule has 0 radical (unpaired) electrons. The van der Waals surface area contributed by atoms with E-state index < -0.39 is 0 Å². The van der Waals surface area contributed by atoms with E-state index >= 15 is 0 Å². The summed E-state index contributed by atoms with van der Waals surface area (Å²) in [5.41, 5.74) is 0.862. The summed E-state index contributed by atoms with van der Waals surface area (Å²) in [4.78, 5) is 20.0. The van der Waals surface area contributed by atoms with Crippen LogP contribution in [0.3, 0.4) is 0 Å². The Hall–Kier alpha value is -2.86. The number of amides is 1. The van der Waals surface area contributed by atoms with Crippen molar-refractivity contribution in [1.29, 1.82) is 0 Å². The number of aromatic hydroxyl groups is 1. The smallest absolute Gasteiger partial charge is 0.226 e. The van der Waals surface area contributed by atoms with E-state index in [0.717, 1.165) is 5.56 Å². The Morgan fingerprint density at radius 3 is 2.75 bits per heavy atom. The SMILES string of the molecule is O=C(CCc1ncc(-c2ccc(Cl)cc2)o1)Nc1ncccc1O. The average Bonchev–Trinajstić information content (AvgIpc) is 3.05. The van der Waals surface area contributed by atoms with Crippen LogP contribution in [0.25, 0.3) is 11.3 Å². The van der Waals surface area contributed by atoms with Crippen LogP contribution in [0, 0.1) is 0 Å². The Morgan fingerprint density at radius 1 is 1.21 bits per heavy atom. The summed E-state index contributed by atoms with van der Waals surface area (Å²) in [7, 11) is 0. The van der Waals surface area contributed by atoms with Crippen molar-refractivity contribution < 1.29 is 14.3 Å². The molecule has 0 bridgehead atoms. The molecule has 3 rings (SSSR count). The zero-order valence-electron chi connectivity index (χ0n) is 12.6. The number of hydrogen-bond acceptors (Lipinski definition) is 5. The van der Waals surface area contributed by atoms with Gasteiger partial charge in [0, 0.05) is 29.6 Å². The molecule has 6 nitrogen and oxygen atoms in total. The monoisotopic (exact) mass is 343 g/mol. The number of aromatic nitrogens is 2. The molecule has 2 N–H and O–H groups in total. The van der Waals surface area contributed by atoms with Crippen LogP contribution in [0.4, 0.5) is 5.82 Å². The van der Waals surface area contributed by atoms with E-state index in [1.807, 2.05) is 12.1 Å². The van der Waals surface area contributed by atoms with Crippen LogP contribution in [-0.2, 0) is 11.2 Å². The number of nitrogens with one attached hydrogen (secondary N) is 1. The van der Waals surface area contributed by atoms with Crippen LogP contribution in [0.1, 0.15) is 12.3 Å². The molecular formula is C17H14ClN3O3. The normalized spacial score (nSPS) is 10.5. The number of carbonyl (C=O) groups is 1. The molecule has 3 aromatic rings. The van der Waals surface area contributed by atoms with Gasteiger partial charge in [-0.1, -0.05) is 11.6 Å². The first-order valence-corrected chi connectivity index (χ1v) is 7.64. The lowest BCUT2D eigenvalue weighted by molar-refractivity contribution is -0.116. The van der Waals surface area contributed by atoms with Gasteiger partial charge in [-0.15, -0.1) is 0 Å². The van der Waals surface area contributed by atoms with E-state index in [4.69, 9.17) is 16.0 Å². The van der Waals surface area contributed by atoms with Crippen molar-refractivity contribution in [1.82, 2.24) is 9.97 Å². The fraction of sp³-hybridized carbons (Fsp3) is 0.118. The minimum atomic E-state index is -0.282. The Kier molecular flexibility index (Phi) is 4.77. The van der Waals surface area contributed by atoms with Gasteiger partial charge in [0.15, 0.2) is 23.2 Å². The molecule has 2 aromatic heterocycles. The summed E-state index contributed by atoms with van der Waals surface area (Å²) in [5, 5.41) is 12.8. The maximum absolute atomic E-state index is 11.9. The molecule has 0 fully saturated rings. The van der Waals surface area contributed by atoms with E-state index in [1.165, 1.54) is 12.3 Å². The number of nitrogens with zero attached hydrogens (tertiary/aromatic N) is 2. The number of hydrogen-bond donors (Lipinski definition) is 2. The maximum Gasteiger partial charge on any atom is 0.226 e. The quantitative estimate of drug-likeness (QED) is 0.738. The van der Waals surface area contributed by atoms with Crippen molar-refractivity contribution in [2.24, 2.45) is 0 Å². The predicted octanol–water partition coefficient (Wildman–Crippen LogP) is 3.67. The van der Waals surface area contributed by atoms with Gasteiger partial charge in [-0.25, -0.2) is 9.97 Å². The molecule has 0 aliphatic rings. The van der Waals surface area contributed by atoms with Crippen LogP contribution in [-0.4, -0.2) is 21.0 Å². The molecule has 2 heterocycles. The van der Waals surface area contributed by atoms with Gasteiger partial charge in [0.05, 0.1) is 6.20 Å². The molecule has 0 saturated carbocycles. The van der Waals surface area contributed by atoms with Crippen LogP contribution < -0.4 is 5.32 Å². The lowest BCUT2D eigenvalue weighted by Gasteiger charge is -2.04. The topological polar surface area (TPSA) is 88.3 Å². The molecule has 0 saturated heterocycles. The van der Waals surface area contributed by atoms with Crippen molar-refractivity contribution in [3.8, 4) is 17.1 Å². The predicted molar refractivity (Wildman–Crippen MR) is 89.8 cm³/mol. The summed E-state index contributed by atoms with van der Waals surface area (Å²) < 4.78 is 5.63. The molecule has 0 aliphatic heterocycles. The lowest BCUT2D eigenvalue weighted by Crippen LogP contribution is -2.13. The Labute approximate surface area is 143 Å². The van der Waals surface area contributed by atoms with E-state index in [2.05, 4.69) is 15.3 Å². The number of anilines is 1. The second kappa shape index (κ2) is 7.14. The van der Waals surface area contributed by atoms with E-state index in [-0.39, 0.29) is 23.9 Å². The van der Waals surface area contributed by atoms with Crippen molar-refractivity contribution in [2.45, 2.75) is 12.8 Å². The number of pyridine rings is 1. The highest BCUT2D eigenvalue weighted by molar-refractivity contribution is 6.30. The highest BCUT2D eigenvalue weighted by atomic mass is 35.5. The minimum absolute atomic E-state index is 0.0769. The van der Waals surface area contributed by atoms with Gasteiger partial charge in [-0.05, 0) is 36.4 Å². The number of halogens is 1. The summed E-state index contributed by atoms with van der Waals surface area (Å²) in [6.45, 7) is 0. The van der Waals surface area contributed by atoms with Gasteiger partial charge in [-0.2, -0.15) is 0 Å². The number of rotatable bonds is 5. The van der Waals surface area contributed by atoms with Crippen molar-refractivity contribution >= 4 is 23.3 Å². The number of carbonyl (C=O) groups excluding carboxylic acids is 1. The first-order valence-electron chi connectivity index (χ1n) is 7.26. The molecule has 1 amide bonds. The number of aryl methyl sites for hydroxylation is 1. The Bertz CT molecular complexity index is 846. The second-order valence-corrected chi connectivity index (χ2v) is 5.48. The first-order chi connectivity index (χ1) is 11.6. The van der Waals surface area contributed by atoms with Gasteiger partial charge < -0.3 is 14.8 Å². The largest absolute Gasteiger partial charge is 0.504 e. The second-order valence-electron chi connectivity index (χ2n) is 5.04. The van der Waals surface area contributed by atoms with Crippen molar-refractivity contribution in [2.75, 3.05) is 5.32 Å². The summed E-state index contributed by atoms with van der Waals surface area (Å²) in [6.07, 6.45) is 3.60. The molecular weight excluding hydrogens is 330 g/mol. The third kappa shape index (κ3) is 3.91. The molecule has 0 atom stereocenters. The van der Waals surface area contributed by atoms with Gasteiger partial charge >= 0.3 is 0 Å². The summed E-state index contributed by atoms with van der Waals surface area (Å²) >= 11 is 5.85. The summed E-state index contributed by atoms with van der Waals surface area (Å²) in [6, 6.07) is 10.2. The Morgan fingerprint density at radius 2 is 2.00 bits per heavy atom. The van der Waals surface area contributed by atoms with E-state index in [1.54, 1.807) is 24.4 Å². The molecule has 24 heavy (non-hydrogen) atoms. The number of benzene rings is 1. The molecule has 0 unspecified atom stereocenters. The van der Waals surface area contributed by atoms with Crippen LogP contribution in [0.2, 0.25) is 5.02 Å². The van der Waals surface area contributed by atoms with Gasteiger partial charge in [-0.3, -0.25) is 4.79 Å². The molecule has 1 aromatic carbocycles. The van der Waals surface area contributed by atoms with Gasteiger partial charge in [0.25, 0.3) is 0 Å². The molecule has 122 valence electrons. The van der Waals surface area contributed by atoms with Gasteiger partial charge in [0.2, 0.25) is 5.91 Å². The van der Waals surface area contributed by atoms with Crippen LogP contribution >= 0.6 is 11.6 Å². The van der Waals surface area contributed by atoms with Crippen molar-refractivity contribution in [3.05, 3.63) is 59.7 Å².